The van der Waals surface area contributed by atoms with Crippen LogP contribution in [0.3, 0.4) is 0 Å². The number of thioether (sulfide) groups is 1. The maximum atomic E-state index is 5.18. The van der Waals surface area contributed by atoms with Crippen molar-refractivity contribution in [3.8, 4) is 5.75 Å². The zero-order valence-electron chi connectivity index (χ0n) is 7.91. The second-order valence-corrected chi connectivity index (χ2v) is 4.32. The van der Waals surface area contributed by atoms with Crippen LogP contribution >= 0.6 is 24.4 Å². The van der Waals surface area contributed by atoms with E-state index in [-0.39, 0.29) is 0 Å². The number of aryl methyl sites for hydroxylation is 1. The molecule has 0 bridgehead atoms. The summed E-state index contributed by atoms with van der Waals surface area (Å²) in [6.45, 7) is 2.06. The van der Waals surface area contributed by atoms with Crippen LogP contribution in [0, 0.1) is 6.92 Å². The van der Waals surface area contributed by atoms with Gasteiger partial charge in [0.25, 0.3) is 0 Å². The third kappa shape index (κ3) is 3.16. The van der Waals surface area contributed by atoms with Gasteiger partial charge in [0.05, 0.1) is 7.11 Å². The quantitative estimate of drug-likeness (QED) is 0.609. The van der Waals surface area contributed by atoms with Gasteiger partial charge in [-0.1, -0.05) is 0 Å². The smallest absolute Gasteiger partial charge is 0.121 e. The number of rotatable bonds is 4. The number of benzene rings is 1. The number of hydrogen-bond donors (Lipinski definition) is 1. The van der Waals surface area contributed by atoms with E-state index in [4.69, 9.17) is 4.74 Å². The number of thiol groups is 1. The van der Waals surface area contributed by atoms with Crippen LogP contribution in [-0.2, 0) is 0 Å². The fourth-order valence-corrected chi connectivity index (χ4v) is 2.13. The lowest BCUT2D eigenvalue weighted by atomic mass is 10.2. The molecule has 1 nitrogen and oxygen atoms in total. The number of ether oxygens (including phenoxy) is 1. The van der Waals surface area contributed by atoms with E-state index in [9.17, 15) is 0 Å². The zero-order valence-corrected chi connectivity index (χ0v) is 9.62. The highest BCUT2D eigenvalue weighted by atomic mass is 32.2. The van der Waals surface area contributed by atoms with Gasteiger partial charge in [-0.15, -0.1) is 11.8 Å². The van der Waals surface area contributed by atoms with E-state index in [0.29, 0.717) is 0 Å². The Bertz CT molecular complexity index is 274. The monoisotopic (exact) mass is 214 g/mol. The first kappa shape index (κ1) is 10.8. The van der Waals surface area contributed by atoms with Crippen molar-refractivity contribution in [3.63, 3.8) is 0 Å². The summed E-state index contributed by atoms with van der Waals surface area (Å²) in [7, 11) is 1.70. The van der Waals surface area contributed by atoms with Crippen LogP contribution in [0.5, 0.6) is 5.75 Å². The van der Waals surface area contributed by atoms with Crippen molar-refractivity contribution in [2.75, 3.05) is 18.6 Å². The Morgan fingerprint density at radius 2 is 2.23 bits per heavy atom. The molecule has 1 rings (SSSR count). The lowest BCUT2D eigenvalue weighted by Crippen LogP contribution is -1.87. The minimum atomic E-state index is 0.912. The van der Waals surface area contributed by atoms with Crippen LogP contribution in [0.25, 0.3) is 0 Å². The molecule has 0 spiro atoms. The number of methoxy groups -OCH3 is 1. The SMILES string of the molecule is COc1ccc(SCCS)cc1C. The van der Waals surface area contributed by atoms with Gasteiger partial charge in [0, 0.05) is 10.6 Å². The van der Waals surface area contributed by atoms with E-state index in [0.717, 1.165) is 17.3 Å². The molecule has 0 aliphatic rings. The highest BCUT2D eigenvalue weighted by molar-refractivity contribution is 8.00. The Hall–Kier alpha value is -0.280. The van der Waals surface area contributed by atoms with Crippen molar-refractivity contribution in [3.05, 3.63) is 23.8 Å². The first-order valence-electron chi connectivity index (χ1n) is 4.16. The standard InChI is InChI=1S/C10H14OS2/c1-8-7-9(13-6-5-12)3-4-10(8)11-2/h3-4,7,12H,5-6H2,1-2H3. The largest absolute Gasteiger partial charge is 0.496 e. The van der Waals surface area contributed by atoms with Crippen LogP contribution in [0.15, 0.2) is 23.1 Å². The Balaban J connectivity index is 2.71. The van der Waals surface area contributed by atoms with E-state index in [1.165, 1.54) is 10.5 Å². The predicted octanol–water partition coefficient (Wildman–Crippen LogP) is 3.03. The molecular formula is C10H14OS2. The minimum Gasteiger partial charge on any atom is -0.496 e. The van der Waals surface area contributed by atoms with E-state index < -0.39 is 0 Å². The summed E-state index contributed by atoms with van der Waals surface area (Å²) >= 11 is 5.99. The summed E-state index contributed by atoms with van der Waals surface area (Å²) in [6, 6.07) is 6.24. The molecule has 0 aliphatic heterocycles. The lowest BCUT2D eigenvalue weighted by molar-refractivity contribution is 0.411. The molecule has 0 unspecified atom stereocenters. The van der Waals surface area contributed by atoms with Crippen molar-refractivity contribution in [1.29, 1.82) is 0 Å². The molecule has 0 aromatic heterocycles. The first-order chi connectivity index (χ1) is 6.27. The summed E-state index contributed by atoms with van der Waals surface area (Å²) in [6.07, 6.45) is 0. The molecule has 13 heavy (non-hydrogen) atoms. The summed E-state index contributed by atoms with van der Waals surface area (Å²) in [5.41, 5.74) is 1.19. The van der Waals surface area contributed by atoms with Gasteiger partial charge >= 0.3 is 0 Å². The van der Waals surface area contributed by atoms with Crippen molar-refractivity contribution >= 4 is 24.4 Å². The molecule has 0 amide bonds. The van der Waals surface area contributed by atoms with Crippen molar-refractivity contribution in [2.45, 2.75) is 11.8 Å². The molecule has 0 aliphatic carbocycles. The first-order valence-corrected chi connectivity index (χ1v) is 5.78. The van der Waals surface area contributed by atoms with E-state index in [2.05, 4.69) is 31.7 Å². The zero-order chi connectivity index (χ0) is 9.68. The maximum Gasteiger partial charge on any atom is 0.121 e. The highest BCUT2D eigenvalue weighted by Crippen LogP contribution is 2.25. The van der Waals surface area contributed by atoms with Gasteiger partial charge in [-0.25, -0.2) is 0 Å². The third-order valence-corrected chi connectivity index (χ3v) is 3.25. The van der Waals surface area contributed by atoms with Gasteiger partial charge in [-0.05, 0) is 36.4 Å². The Labute approximate surface area is 89.3 Å². The van der Waals surface area contributed by atoms with Gasteiger partial charge in [-0.2, -0.15) is 12.6 Å². The van der Waals surface area contributed by atoms with Crippen LogP contribution in [-0.4, -0.2) is 18.6 Å². The summed E-state index contributed by atoms with van der Waals surface area (Å²) in [5.74, 6) is 2.92. The molecular weight excluding hydrogens is 200 g/mol. The second kappa shape index (κ2) is 5.45. The molecule has 3 heteroatoms. The van der Waals surface area contributed by atoms with Crippen molar-refractivity contribution in [2.24, 2.45) is 0 Å². The summed E-state index contributed by atoms with van der Waals surface area (Å²) < 4.78 is 5.18. The van der Waals surface area contributed by atoms with Crippen LogP contribution < -0.4 is 4.74 Å². The molecule has 0 atom stereocenters. The second-order valence-electron chi connectivity index (χ2n) is 2.70. The molecule has 0 heterocycles. The fourth-order valence-electron chi connectivity index (χ4n) is 1.10. The third-order valence-electron chi connectivity index (χ3n) is 1.73. The van der Waals surface area contributed by atoms with E-state index in [1.807, 2.05) is 17.8 Å². The van der Waals surface area contributed by atoms with Crippen LogP contribution in [0.1, 0.15) is 5.56 Å². The molecule has 72 valence electrons. The van der Waals surface area contributed by atoms with Gasteiger partial charge < -0.3 is 4.74 Å². The Kier molecular flexibility index (Phi) is 4.53. The normalized spacial score (nSPS) is 10.1. The molecule has 1 aromatic carbocycles. The number of hydrogen-bond acceptors (Lipinski definition) is 3. The van der Waals surface area contributed by atoms with Crippen molar-refractivity contribution < 1.29 is 4.74 Å². The van der Waals surface area contributed by atoms with Crippen LogP contribution in [0.2, 0.25) is 0 Å². The fraction of sp³-hybridized carbons (Fsp3) is 0.400. The summed E-state index contributed by atoms with van der Waals surface area (Å²) in [5, 5.41) is 0. The van der Waals surface area contributed by atoms with E-state index in [1.54, 1.807) is 7.11 Å². The van der Waals surface area contributed by atoms with Gasteiger partial charge in [-0.3, -0.25) is 0 Å². The van der Waals surface area contributed by atoms with Gasteiger partial charge in [0.15, 0.2) is 0 Å². The Morgan fingerprint density at radius 1 is 1.46 bits per heavy atom. The average molecular weight is 214 g/mol. The molecule has 0 saturated heterocycles. The van der Waals surface area contributed by atoms with Gasteiger partial charge in [0.2, 0.25) is 0 Å². The molecule has 0 saturated carbocycles. The molecule has 0 radical (unpaired) electrons. The summed E-state index contributed by atoms with van der Waals surface area (Å²) in [4.78, 5) is 1.28. The highest BCUT2D eigenvalue weighted by Gasteiger charge is 1.99. The van der Waals surface area contributed by atoms with E-state index >= 15 is 0 Å². The molecule has 1 aromatic rings. The average Bonchev–Trinajstić information content (AvgIpc) is 2.15. The lowest BCUT2D eigenvalue weighted by Gasteiger charge is -2.06. The van der Waals surface area contributed by atoms with Gasteiger partial charge in [0.1, 0.15) is 5.75 Å². The Morgan fingerprint density at radius 3 is 2.77 bits per heavy atom. The van der Waals surface area contributed by atoms with Crippen LogP contribution in [0.4, 0.5) is 0 Å². The maximum absolute atomic E-state index is 5.18. The topological polar surface area (TPSA) is 9.23 Å². The van der Waals surface area contributed by atoms with Crippen molar-refractivity contribution in [1.82, 2.24) is 0 Å². The minimum absolute atomic E-state index is 0.912. The molecule has 0 fully saturated rings. The molecule has 0 N–H and O–H groups in total. The predicted molar refractivity (Wildman–Crippen MR) is 62.3 cm³/mol.